The normalized spacial score (nSPS) is 34.4. The van der Waals surface area contributed by atoms with Crippen LogP contribution >= 0.6 is 0 Å². The number of hydrogen-bond acceptors (Lipinski definition) is 3. The van der Waals surface area contributed by atoms with Gasteiger partial charge in [0.1, 0.15) is 0 Å². The highest BCUT2D eigenvalue weighted by molar-refractivity contribution is 5.87. The number of piperidine rings is 1. The van der Waals surface area contributed by atoms with E-state index in [1.165, 1.54) is 0 Å². The second kappa shape index (κ2) is 5.04. The molecule has 0 radical (unpaired) electrons. The van der Waals surface area contributed by atoms with E-state index in [4.69, 9.17) is 0 Å². The topological polar surface area (TPSA) is 61.4 Å². The molecule has 0 saturated carbocycles. The molecule has 2 saturated heterocycles. The summed E-state index contributed by atoms with van der Waals surface area (Å²) < 4.78 is 0. The van der Waals surface area contributed by atoms with E-state index < -0.39 is 0 Å². The largest absolute Gasteiger partial charge is 0.356 e. The molecule has 0 aromatic heterocycles. The molecule has 2 rings (SSSR count). The Labute approximate surface area is 102 Å². The summed E-state index contributed by atoms with van der Waals surface area (Å²) in [5, 5.41) is 6.17. The number of piperazine rings is 1. The summed E-state index contributed by atoms with van der Waals surface area (Å²) in [5.74, 6) is 0.0483. The van der Waals surface area contributed by atoms with Crippen molar-refractivity contribution < 1.29 is 9.59 Å². The van der Waals surface area contributed by atoms with Crippen LogP contribution in [0.15, 0.2) is 0 Å². The van der Waals surface area contributed by atoms with Crippen LogP contribution in [-0.4, -0.2) is 48.4 Å². The van der Waals surface area contributed by atoms with Crippen molar-refractivity contribution in [3.05, 3.63) is 0 Å². The fourth-order valence-corrected chi connectivity index (χ4v) is 2.76. The van der Waals surface area contributed by atoms with Crippen molar-refractivity contribution in [1.29, 1.82) is 0 Å². The van der Waals surface area contributed by atoms with Gasteiger partial charge in [0.25, 0.3) is 0 Å². The second-order valence-corrected chi connectivity index (χ2v) is 5.25. The van der Waals surface area contributed by atoms with E-state index in [-0.39, 0.29) is 17.7 Å². The minimum absolute atomic E-state index is 0.00540. The van der Waals surface area contributed by atoms with Gasteiger partial charge in [0, 0.05) is 44.1 Å². The van der Waals surface area contributed by atoms with Gasteiger partial charge in [-0.3, -0.25) is 9.59 Å². The van der Waals surface area contributed by atoms with Gasteiger partial charge in [0.05, 0.1) is 0 Å². The first kappa shape index (κ1) is 12.4. The SMILES string of the molecule is C[C@@H]1CN(C(=O)[C@@H]2CCNC(=O)C2)C[C@@H](C)N1. The predicted octanol–water partition coefficient (Wildman–Crippen LogP) is -0.279. The molecule has 2 fully saturated rings. The average molecular weight is 239 g/mol. The highest BCUT2D eigenvalue weighted by Crippen LogP contribution is 2.17. The smallest absolute Gasteiger partial charge is 0.226 e. The summed E-state index contributed by atoms with van der Waals surface area (Å²) in [4.78, 5) is 25.5. The Morgan fingerprint density at radius 3 is 2.53 bits per heavy atom. The van der Waals surface area contributed by atoms with Gasteiger partial charge < -0.3 is 15.5 Å². The first-order chi connectivity index (χ1) is 8.06. The Kier molecular flexibility index (Phi) is 3.66. The lowest BCUT2D eigenvalue weighted by Crippen LogP contribution is -2.57. The number of nitrogens with zero attached hydrogens (tertiary/aromatic N) is 1. The zero-order valence-electron chi connectivity index (χ0n) is 10.5. The van der Waals surface area contributed by atoms with Crippen LogP contribution in [0.4, 0.5) is 0 Å². The molecule has 2 amide bonds. The summed E-state index contributed by atoms with van der Waals surface area (Å²) in [6, 6.07) is 0.667. The minimum atomic E-state index is -0.110. The summed E-state index contributed by atoms with van der Waals surface area (Å²) in [7, 11) is 0. The second-order valence-electron chi connectivity index (χ2n) is 5.25. The van der Waals surface area contributed by atoms with Crippen molar-refractivity contribution >= 4 is 11.8 Å². The molecule has 5 nitrogen and oxygen atoms in total. The molecule has 0 spiro atoms. The highest BCUT2D eigenvalue weighted by atomic mass is 16.2. The third-order valence-corrected chi connectivity index (χ3v) is 3.47. The van der Waals surface area contributed by atoms with E-state index in [2.05, 4.69) is 24.5 Å². The maximum Gasteiger partial charge on any atom is 0.226 e. The zero-order valence-corrected chi connectivity index (χ0v) is 10.5. The van der Waals surface area contributed by atoms with Crippen LogP contribution in [-0.2, 0) is 9.59 Å². The summed E-state index contributed by atoms with van der Waals surface area (Å²) >= 11 is 0. The molecule has 17 heavy (non-hydrogen) atoms. The number of rotatable bonds is 1. The summed E-state index contributed by atoms with van der Waals surface area (Å²) in [6.07, 6.45) is 1.13. The molecule has 2 aliphatic heterocycles. The molecular weight excluding hydrogens is 218 g/mol. The van der Waals surface area contributed by atoms with Crippen LogP contribution in [0.2, 0.25) is 0 Å². The monoisotopic (exact) mass is 239 g/mol. The van der Waals surface area contributed by atoms with E-state index in [9.17, 15) is 9.59 Å². The maximum atomic E-state index is 12.3. The Morgan fingerprint density at radius 1 is 1.29 bits per heavy atom. The van der Waals surface area contributed by atoms with Gasteiger partial charge in [-0.25, -0.2) is 0 Å². The predicted molar refractivity (Wildman–Crippen MR) is 64.4 cm³/mol. The van der Waals surface area contributed by atoms with E-state index in [0.29, 0.717) is 25.0 Å². The molecule has 2 aliphatic rings. The standard InChI is InChI=1S/C12H21N3O2/c1-8-6-15(7-9(2)14-8)12(17)10-3-4-13-11(16)5-10/h8-10,14H,3-7H2,1-2H3,(H,13,16)/t8-,9-,10-/m1/s1. The lowest BCUT2D eigenvalue weighted by molar-refractivity contribution is -0.141. The van der Waals surface area contributed by atoms with Gasteiger partial charge in [-0.05, 0) is 20.3 Å². The highest BCUT2D eigenvalue weighted by Gasteiger charge is 2.32. The average Bonchev–Trinajstić information content (AvgIpc) is 2.26. The molecule has 96 valence electrons. The van der Waals surface area contributed by atoms with E-state index >= 15 is 0 Å². The third kappa shape index (κ3) is 2.97. The van der Waals surface area contributed by atoms with Gasteiger partial charge in [-0.2, -0.15) is 0 Å². The molecule has 0 unspecified atom stereocenters. The molecule has 3 atom stereocenters. The lowest BCUT2D eigenvalue weighted by atomic mass is 9.95. The fourth-order valence-electron chi connectivity index (χ4n) is 2.76. The summed E-state index contributed by atoms with van der Waals surface area (Å²) in [6.45, 7) is 6.31. The van der Waals surface area contributed by atoms with Gasteiger partial charge >= 0.3 is 0 Å². The zero-order chi connectivity index (χ0) is 12.4. The van der Waals surface area contributed by atoms with Crippen LogP contribution in [0.25, 0.3) is 0 Å². The van der Waals surface area contributed by atoms with Gasteiger partial charge in [0.2, 0.25) is 11.8 Å². The van der Waals surface area contributed by atoms with Crippen LogP contribution in [0.1, 0.15) is 26.7 Å². The van der Waals surface area contributed by atoms with Crippen molar-refractivity contribution in [2.24, 2.45) is 5.92 Å². The molecule has 2 heterocycles. The Balaban J connectivity index is 1.96. The lowest BCUT2D eigenvalue weighted by Gasteiger charge is -2.38. The maximum absolute atomic E-state index is 12.3. The van der Waals surface area contributed by atoms with Gasteiger partial charge in [-0.15, -0.1) is 0 Å². The van der Waals surface area contributed by atoms with Gasteiger partial charge in [-0.1, -0.05) is 0 Å². The minimum Gasteiger partial charge on any atom is -0.356 e. The Bertz CT molecular complexity index is 309. The molecular formula is C12H21N3O2. The molecule has 0 aromatic carbocycles. The number of amides is 2. The van der Waals surface area contributed by atoms with Crippen molar-refractivity contribution in [3.8, 4) is 0 Å². The Morgan fingerprint density at radius 2 is 1.94 bits per heavy atom. The van der Waals surface area contributed by atoms with E-state index in [1.807, 2.05) is 4.90 Å². The van der Waals surface area contributed by atoms with Crippen LogP contribution in [0.5, 0.6) is 0 Å². The Hall–Kier alpha value is -1.10. The molecule has 0 bridgehead atoms. The molecule has 2 N–H and O–H groups in total. The summed E-state index contributed by atoms with van der Waals surface area (Å²) in [5.41, 5.74) is 0. The van der Waals surface area contributed by atoms with Crippen molar-refractivity contribution in [1.82, 2.24) is 15.5 Å². The van der Waals surface area contributed by atoms with Gasteiger partial charge in [0.15, 0.2) is 0 Å². The van der Waals surface area contributed by atoms with E-state index in [0.717, 1.165) is 19.5 Å². The third-order valence-electron chi connectivity index (χ3n) is 3.47. The quantitative estimate of drug-likeness (QED) is 0.661. The molecule has 5 heteroatoms. The van der Waals surface area contributed by atoms with Crippen molar-refractivity contribution in [3.63, 3.8) is 0 Å². The number of carbonyl (C=O) groups excluding carboxylic acids is 2. The molecule has 0 aliphatic carbocycles. The number of nitrogens with one attached hydrogen (secondary N) is 2. The van der Waals surface area contributed by atoms with Crippen LogP contribution in [0, 0.1) is 5.92 Å². The number of carbonyl (C=O) groups is 2. The molecule has 0 aromatic rings. The van der Waals surface area contributed by atoms with Crippen molar-refractivity contribution in [2.75, 3.05) is 19.6 Å². The number of hydrogen-bond donors (Lipinski definition) is 2. The van der Waals surface area contributed by atoms with Crippen molar-refractivity contribution in [2.45, 2.75) is 38.8 Å². The fraction of sp³-hybridized carbons (Fsp3) is 0.833. The first-order valence-electron chi connectivity index (χ1n) is 6.38. The van der Waals surface area contributed by atoms with Crippen LogP contribution in [0.3, 0.4) is 0 Å². The van der Waals surface area contributed by atoms with Crippen LogP contribution < -0.4 is 10.6 Å². The first-order valence-corrected chi connectivity index (χ1v) is 6.38. The van der Waals surface area contributed by atoms with E-state index in [1.54, 1.807) is 0 Å².